The van der Waals surface area contributed by atoms with Crippen LogP contribution in [0.25, 0.3) is 22.4 Å². The number of carbonyl (C=O) groups is 1. The number of aromatic amines is 1. The van der Waals surface area contributed by atoms with E-state index < -0.39 is 0 Å². The van der Waals surface area contributed by atoms with Gasteiger partial charge in [0.2, 0.25) is 0 Å². The van der Waals surface area contributed by atoms with E-state index in [1.807, 2.05) is 62.4 Å². The van der Waals surface area contributed by atoms with E-state index in [1.54, 1.807) is 0 Å². The molecule has 1 aromatic heterocycles. The van der Waals surface area contributed by atoms with Crippen LogP contribution in [-0.2, 0) is 4.79 Å². The van der Waals surface area contributed by atoms with Gasteiger partial charge in [0.25, 0.3) is 5.91 Å². The molecule has 0 saturated carbocycles. The third kappa shape index (κ3) is 4.61. The lowest BCUT2D eigenvalue weighted by Gasteiger charge is -2.15. The summed E-state index contributed by atoms with van der Waals surface area (Å²) < 4.78 is 5.88. The molecule has 5 nitrogen and oxygen atoms in total. The molecule has 3 aromatic carbocycles. The molecule has 0 atom stereocenters. The lowest BCUT2D eigenvalue weighted by atomic mass is 10.0. The van der Waals surface area contributed by atoms with E-state index in [4.69, 9.17) is 4.74 Å². The smallest absolute Gasteiger partial charge is 0.262 e. The van der Waals surface area contributed by atoms with Gasteiger partial charge in [0.15, 0.2) is 6.61 Å². The lowest BCUT2D eigenvalue weighted by Crippen LogP contribution is -2.21. The number of anilines is 1. The number of aryl methyl sites for hydroxylation is 2. The Morgan fingerprint density at radius 3 is 2.65 bits per heavy atom. The minimum Gasteiger partial charge on any atom is -0.483 e. The Kier molecular flexibility index (Phi) is 5.76. The Morgan fingerprint density at radius 1 is 1.06 bits per heavy atom. The molecule has 0 aliphatic heterocycles. The summed E-state index contributed by atoms with van der Waals surface area (Å²) in [4.78, 5) is 20.6. The molecule has 2 N–H and O–H groups in total. The number of para-hydroxylation sites is 2. The standard InChI is InChI=1S/C26H27N3O2/c1-16(2)20-12-9-17(3)13-24(20)31-15-25(30)27-23-14-19(11-10-18(23)4)26-28-21-7-5-6-8-22(21)29-26/h5-14,16H,15H2,1-4H3,(H,27,30)(H,28,29). The van der Waals surface area contributed by atoms with Crippen LogP contribution >= 0.6 is 0 Å². The number of fused-ring (bicyclic) bond motifs is 1. The maximum atomic E-state index is 12.6. The molecule has 0 aliphatic rings. The number of hydrogen-bond donors (Lipinski definition) is 2. The zero-order valence-electron chi connectivity index (χ0n) is 18.3. The topological polar surface area (TPSA) is 67.0 Å². The SMILES string of the molecule is Cc1ccc(C(C)C)c(OCC(=O)Nc2cc(-c3nc4ccccc4[nH]3)ccc2C)c1. The Hall–Kier alpha value is -3.60. The van der Waals surface area contributed by atoms with E-state index in [0.29, 0.717) is 5.92 Å². The predicted molar refractivity (Wildman–Crippen MR) is 126 cm³/mol. The van der Waals surface area contributed by atoms with E-state index in [1.165, 1.54) is 0 Å². The summed E-state index contributed by atoms with van der Waals surface area (Å²) in [5.74, 6) is 1.66. The van der Waals surface area contributed by atoms with Gasteiger partial charge in [0, 0.05) is 11.3 Å². The fourth-order valence-corrected chi connectivity index (χ4v) is 3.57. The van der Waals surface area contributed by atoms with Crippen molar-refractivity contribution in [3.05, 3.63) is 77.4 Å². The number of aromatic nitrogens is 2. The fraction of sp³-hybridized carbons (Fsp3) is 0.231. The minimum absolute atomic E-state index is 0.0442. The number of imidazole rings is 1. The van der Waals surface area contributed by atoms with Crippen LogP contribution in [0.4, 0.5) is 5.69 Å². The Morgan fingerprint density at radius 2 is 1.87 bits per heavy atom. The number of nitrogens with one attached hydrogen (secondary N) is 2. The first-order valence-corrected chi connectivity index (χ1v) is 10.5. The first-order chi connectivity index (χ1) is 14.9. The van der Waals surface area contributed by atoms with Gasteiger partial charge in [0.1, 0.15) is 11.6 Å². The third-order valence-electron chi connectivity index (χ3n) is 5.32. The van der Waals surface area contributed by atoms with Crippen LogP contribution in [0.15, 0.2) is 60.7 Å². The van der Waals surface area contributed by atoms with Gasteiger partial charge in [-0.05, 0) is 60.7 Å². The second-order valence-electron chi connectivity index (χ2n) is 8.17. The van der Waals surface area contributed by atoms with Crippen LogP contribution in [0.1, 0.15) is 36.5 Å². The van der Waals surface area contributed by atoms with Crippen LogP contribution in [0.5, 0.6) is 5.75 Å². The number of rotatable bonds is 6. The lowest BCUT2D eigenvalue weighted by molar-refractivity contribution is -0.118. The molecular weight excluding hydrogens is 386 g/mol. The van der Waals surface area contributed by atoms with Crippen molar-refractivity contribution in [3.63, 3.8) is 0 Å². The van der Waals surface area contributed by atoms with Gasteiger partial charge in [-0.15, -0.1) is 0 Å². The molecule has 0 aliphatic carbocycles. The van der Waals surface area contributed by atoms with Crippen molar-refractivity contribution in [1.82, 2.24) is 9.97 Å². The summed E-state index contributed by atoms with van der Waals surface area (Å²) in [7, 11) is 0. The largest absolute Gasteiger partial charge is 0.483 e. The molecule has 0 saturated heterocycles. The Balaban J connectivity index is 1.50. The first-order valence-electron chi connectivity index (χ1n) is 10.5. The summed E-state index contributed by atoms with van der Waals surface area (Å²) in [5, 5.41) is 2.98. The molecule has 0 fully saturated rings. The summed E-state index contributed by atoms with van der Waals surface area (Å²) in [6.45, 7) is 8.17. The molecule has 4 rings (SSSR count). The van der Waals surface area contributed by atoms with Crippen molar-refractivity contribution in [1.29, 1.82) is 0 Å². The third-order valence-corrected chi connectivity index (χ3v) is 5.32. The highest BCUT2D eigenvalue weighted by Gasteiger charge is 2.13. The summed E-state index contributed by atoms with van der Waals surface area (Å²) in [6.07, 6.45) is 0. The molecule has 0 bridgehead atoms. The molecule has 1 amide bonds. The summed E-state index contributed by atoms with van der Waals surface area (Å²) >= 11 is 0. The quantitative estimate of drug-likeness (QED) is 0.408. The van der Waals surface area contributed by atoms with Crippen molar-refractivity contribution < 1.29 is 9.53 Å². The minimum atomic E-state index is -0.193. The molecule has 4 aromatic rings. The maximum Gasteiger partial charge on any atom is 0.262 e. The van der Waals surface area contributed by atoms with Crippen molar-refractivity contribution in [2.45, 2.75) is 33.6 Å². The average Bonchev–Trinajstić information content (AvgIpc) is 3.18. The molecule has 31 heavy (non-hydrogen) atoms. The molecule has 0 spiro atoms. The van der Waals surface area contributed by atoms with Crippen LogP contribution in [-0.4, -0.2) is 22.5 Å². The van der Waals surface area contributed by atoms with Crippen LogP contribution in [0.3, 0.4) is 0 Å². The summed E-state index contributed by atoms with van der Waals surface area (Å²) in [5.41, 5.74) is 6.74. The highest BCUT2D eigenvalue weighted by atomic mass is 16.5. The Labute approximate surface area is 182 Å². The molecule has 5 heteroatoms. The van der Waals surface area contributed by atoms with Crippen LogP contribution in [0, 0.1) is 13.8 Å². The number of nitrogens with zero attached hydrogens (tertiary/aromatic N) is 1. The number of benzene rings is 3. The van der Waals surface area contributed by atoms with Crippen LogP contribution in [0.2, 0.25) is 0 Å². The fourth-order valence-electron chi connectivity index (χ4n) is 3.57. The van der Waals surface area contributed by atoms with Gasteiger partial charge in [-0.25, -0.2) is 4.98 Å². The van der Waals surface area contributed by atoms with Gasteiger partial charge in [-0.1, -0.05) is 50.2 Å². The highest BCUT2D eigenvalue weighted by Crippen LogP contribution is 2.28. The molecule has 0 unspecified atom stereocenters. The van der Waals surface area contributed by atoms with E-state index in [9.17, 15) is 4.79 Å². The van der Waals surface area contributed by atoms with Gasteiger partial charge < -0.3 is 15.0 Å². The molecular formula is C26H27N3O2. The van der Waals surface area contributed by atoms with Gasteiger partial charge in [0.05, 0.1) is 11.0 Å². The monoisotopic (exact) mass is 413 g/mol. The van der Waals surface area contributed by atoms with E-state index in [0.717, 1.165) is 50.5 Å². The van der Waals surface area contributed by atoms with Crippen molar-refractivity contribution in [2.75, 3.05) is 11.9 Å². The normalized spacial score (nSPS) is 11.1. The molecule has 158 valence electrons. The van der Waals surface area contributed by atoms with Crippen molar-refractivity contribution in [2.24, 2.45) is 0 Å². The zero-order valence-corrected chi connectivity index (χ0v) is 18.3. The van der Waals surface area contributed by atoms with E-state index in [-0.39, 0.29) is 12.5 Å². The second-order valence-corrected chi connectivity index (χ2v) is 8.17. The number of hydrogen-bond acceptors (Lipinski definition) is 3. The first kappa shape index (κ1) is 20.7. The zero-order chi connectivity index (χ0) is 22.0. The second kappa shape index (κ2) is 8.64. The van der Waals surface area contributed by atoms with Crippen LogP contribution < -0.4 is 10.1 Å². The average molecular weight is 414 g/mol. The highest BCUT2D eigenvalue weighted by molar-refractivity contribution is 5.93. The van der Waals surface area contributed by atoms with Gasteiger partial charge in [-0.3, -0.25) is 4.79 Å². The van der Waals surface area contributed by atoms with E-state index in [2.05, 4.69) is 41.3 Å². The number of ether oxygens (including phenoxy) is 1. The number of carbonyl (C=O) groups excluding carboxylic acids is 1. The summed E-state index contributed by atoms with van der Waals surface area (Å²) in [6, 6.07) is 19.9. The number of H-pyrrole nitrogens is 1. The van der Waals surface area contributed by atoms with Gasteiger partial charge in [-0.2, -0.15) is 0 Å². The number of amides is 1. The van der Waals surface area contributed by atoms with Crippen molar-refractivity contribution in [3.8, 4) is 17.1 Å². The molecule has 0 radical (unpaired) electrons. The Bertz CT molecular complexity index is 1210. The van der Waals surface area contributed by atoms with E-state index >= 15 is 0 Å². The molecule has 1 heterocycles. The maximum absolute atomic E-state index is 12.6. The van der Waals surface area contributed by atoms with Gasteiger partial charge >= 0.3 is 0 Å². The van der Waals surface area contributed by atoms with Crippen molar-refractivity contribution >= 4 is 22.6 Å². The predicted octanol–water partition coefficient (Wildman–Crippen LogP) is 5.99.